The van der Waals surface area contributed by atoms with Crippen LogP contribution >= 0.6 is 0 Å². The summed E-state index contributed by atoms with van der Waals surface area (Å²) in [4.78, 5) is 0. The fourth-order valence-electron chi connectivity index (χ4n) is 2.07. The molecule has 11 heavy (non-hydrogen) atoms. The van der Waals surface area contributed by atoms with Gasteiger partial charge in [-0.1, -0.05) is 27.7 Å². The lowest BCUT2D eigenvalue weighted by atomic mass is 9.75. The smallest absolute Gasteiger partial charge is 0.0629 e. The Kier molecular flexibility index (Phi) is 2.94. The highest BCUT2D eigenvalue weighted by Gasteiger charge is 2.43. The van der Waals surface area contributed by atoms with Gasteiger partial charge in [-0.2, -0.15) is 0 Å². The SMILES string of the molecule is CC.CC1CC(C)C2CC1O2. The van der Waals surface area contributed by atoms with Gasteiger partial charge in [-0.05, 0) is 18.3 Å². The van der Waals surface area contributed by atoms with Crippen molar-refractivity contribution in [1.82, 2.24) is 0 Å². The van der Waals surface area contributed by atoms with Crippen LogP contribution in [0.25, 0.3) is 0 Å². The Morgan fingerprint density at radius 2 is 1.27 bits per heavy atom. The highest BCUT2D eigenvalue weighted by atomic mass is 16.5. The number of fused-ring (bicyclic) bond motifs is 2. The molecule has 0 aromatic rings. The summed E-state index contributed by atoms with van der Waals surface area (Å²) in [7, 11) is 0. The first-order chi connectivity index (χ1) is 5.27. The van der Waals surface area contributed by atoms with E-state index >= 15 is 0 Å². The van der Waals surface area contributed by atoms with Crippen LogP contribution in [0.2, 0.25) is 0 Å². The van der Waals surface area contributed by atoms with Crippen molar-refractivity contribution in [1.29, 1.82) is 0 Å². The van der Waals surface area contributed by atoms with Gasteiger partial charge in [0.2, 0.25) is 0 Å². The van der Waals surface area contributed by atoms with E-state index in [1.807, 2.05) is 13.8 Å². The zero-order valence-corrected chi connectivity index (χ0v) is 8.13. The van der Waals surface area contributed by atoms with Gasteiger partial charge in [0.05, 0.1) is 12.2 Å². The van der Waals surface area contributed by atoms with E-state index < -0.39 is 0 Å². The van der Waals surface area contributed by atoms with E-state index in [0.29, 0.717) is 12.2 Å². The molecule has 3 aliphatic rings. The third-order valence-corrected chi connectivity index (χ3v) is 2.83. The van der Waals surface area contributed by atoms with Crippen molar-refractivity contribution in [2.75, 3.05) is 0 Å². The molecule has 1 saturated carbocycles. The molecule has 2 bridgehead atoms. The minimum atomic E-state index is 0.631. The average Bonchev–Trinajstić information content (AvgIpc) is 1.87. The molecule has 66 valence electrons. The highest BCUT2D eigenvalue weighted by Crippen LogP contribution is 2.41. The van der Waals surface area contributed by atoms with Crippen LogP contribution in [0.15, 0.2) is 0 Å². The number of hydrogen-bond acceptors (Lipinski definition) is 1. The standard InChI is InChI=1S/C8H14O.C2H6/c1-5-3-6(2)8-4-7(5)9-8;1-2/h5-8H,3-4H2,1-2H3;1-2H3. The Balaban J connectivity index is 0.000000281. The molecule has 0 aromatic heterocycles. The molecular weight excluding hydrogens is 136 g/mol. The topological polar surface area (TPSA) is 9.23 Å². The van der Waals surface area contributed by atoms with E-state index in [0.717, 1.165) is 11.8 Å². The summed E-state index contributed by atoms with van der Waals surface area (Å²) in [5, 5.41) is 0. The fraction of sp³-hybridized carbons (Fsp3) is 1.00. The van der Waals surface area contributed by atoms with Gasteiger partial charge in [0.1, 0.15) is 0 Å². The minimum Gasteiger partial charge on any atom is -0.374 e. The van der Waals surface area contributed by atoms with E-state index in [1.165, 1.54) is 12.8 Å². The largest absolute Gasteiger partial charge is 0.374 e. The molecule has 3 fully saturated rings. The summed E-state index contributed by atoms with van der Waals surface area (Å²) in [6.45, 7) is 8.60. The molecule has 1 aliphatic carbocycles. The van der Waals surface area contributed by atoms with Crippen LogP contribution in [0.5, 0.6) is 0 Å². The van der Waals surface area contributed by atoms with Gasteiger partial charge in [-0.15, -0.1) is 0 Å². The van der Waals surface area contributed by atoms with Crippen LogP contribution < -0.4 is 0 Å². The fourth-order valence-corrected chi connectivity index (χ4v) is 2.07. The van der Waals surface area contributed by atoms with Gasteiger partial charge < -0.3 is 4.74 Å². The normalized spacial score (nSPS) is 46.9. The van der Waals surface area contributed by atoms with Gasteiger partial charge in [0.15, 0.2) is 0 Å². The number of hydrogen-bond donors (Lipinski definition) is 0. The van der Waals surface area contributed by atoms with E-state index in [1.54, 1.807) is 0 Å². The maximum atomic E-state index is 5.60. The van der Waals surface area contributed by atoms with Crippen LogP contribution in [-0.4, -0.2) is 12.2 Å². The third kappa shape index (κ3) is 1.58. The number of ether oxygens (including phenoxy) is 1. The molecule has 0 spiro atoms. The van der Waals surface area contributed by atoms with Gasteiger partial charge in [-0.3, -0.25) is 0 Å². The Morgan fingerprint density at radius 1 is 0.909 bits per heavy atom. The Hall–Kier alpha value is -0.0400. The van der Waals surface area contributed by atoms with E-state index in [-0.39, 0.29) is 0 Å². The second kappa shape index (κ2) is 3.57. The molecule has 2 heterocycles. The lowest BCUT2D eigenvalue weighted by Crippen LogP contribution is -2.51. The quantitative estimate of drug-likeness (QED) is 0.524. The van der Waals surface area contributed by atoms with Crippen LogP contribution in [-0.2, 0) is 4.74 Å². The maximum Gasteiger partial charge on any atom is 0.0629 e. The summed E-state index contributed by atoms with van der Waals surface area (Å²) < 4.78 is 5.60. The molecule has 2 aliphatic heterocycles. The molecule has 4 unspecified atom stereocenters. The zero-order valence-electron chi connectivity index (χ0n) is 8.13. The Morgan fingerprint density at radius 3 is 1.45 bits per heavy atom. The van der Waals surface area contributed by atoms with Crippen molar-refractivity contribution in [2.45, 2.75) is 52.7 Å². The second-order valence-electron chi connectivity index (χ2n) is 3.64. The molecule has 1 nitrogen and oxygen atoms in total. The van der Waals surface area contributed by atoms with Crippen molar-refractivity contribution < 1.29 is 4.74 Å². The molecule has 0 radical (unpaired) electrons. The third-order valence-electron chi connectivity index (χ3n) is 2.83. The predicted octanol–water partition coefficient (Wildman–Crippen LogP) is 2.85. The maximum absolute atomic E-state index is 5.60. The molecular formula is C10H20O. The van der Waals surface area contributed by atoms with Gasteiger partial charge in [0, 0.05) is 6.42 Å². The summed E-state index contributed by atoms with van der Waals surface area (Å²) in [5.41, 5.74) is 0. The summed E-state index contributed by atoms with van der Waals surface area (Å²) >= 11 is 0. The van der Waals surface area contributed by atoms with Crippen molar-refractivity contribution in [3.8, 4) is 0 Å². The van der Waals surface area contributed by atoms with Crippen LogP contribution in [0.1, 0.15) is 40.5 Å². The average molecular weight is 156 g/mol. The van der Waals surface area contributed by atoms with E-state index in [2.05, 4.69) is 13.8 Å². The first kappa shape index (κ1) is 9.05. The Bertz CT molecular complexity index is 104. The first-order valence-corrected chi connectivity index (χ1v) is 4.93. The molecule has 4 atom stereocenters. The lowest BCUT2D eigenvalue weighted by Gasteiger charge is -2.49. The molecule has 3 rings (SSSR count). The molecule has 0 N–H and O–H groups in total. The Labute approximate surface area is 70.1 Å². The summed E-state index contributed by atoms with van der Waals surface area (Å²) in [6.07, 6.45) is 3.98. The molecule has 0 aromatic carbocycles. The first-order valence-electron chi connectivity index (χ1n) is 4.93. The van der Waals surface area contributed by atoms with Gasteiger partial charge in [0.25, 0.3) is 0 Å². The molecule has 0 amide bonds. The summed E-state index contributed by atoms with van der Waals surface area (Å²) in [5.74, 6) is 1.65. The lowest BCUT2D eigenvalue weighted by molar-refractivity contribution is -0.206. The van der Waals surface area contributed by atoms with E-state index in [4.69, 9.17) is 4.74 Å². The zero-order chi connectivity index (χ0) is 8.43. The molecule has 2 saturated heterocycles. The summed E-state index contributed by atoms with van der Waals surface area (Å²) in [6, 6.07) is 0. The van der Waals surface area contributed by atoms with Crippen LogP contribution in [0, 0.1) is 11.8 Å². The minimum absolute atomic E-state index is 0.631. The van der Waals surface area contributed by atoms with Crippen LogP contribution in [0.4, 0.5) is 0 Å². The van der Waals surface area contributed by atoms with Gasteiger partial charge >= 0.3 is 0 Å². The van der Waals surface area contributed by atoms with Crippen molar-refractivity contribution in [3.05, 3.63) is 0 Å². The van der Waals surface area contributed by atoms with Crippen molar-refractivity contribution in [2.24, 2.45) is 11.8 Å². The highest BCUT2D eigenvalue weighted by molar-refractivity contribution is 4.91. The van der Waals surface area contributed by atoms with Gasteiger partial charge in [-0.25, -0.2) is 0 Å². The van der Waals surface area contributed by atoms with Crippen molar-refractivity contribution in [3.63, 3.8) is 0 Å². The monoisotopic (exact) mass is 156 g/mol. The number of rotatable bonds is 0. The molecule has 1 heteroatoms. The second-order valence-corrected chi connectivity index (χ2v) is 3.64. The van der Waals surface area contributed by atoms with Crippen molar-refractivity contribution >= 4 is 0 Å². The van der Waals surface area contributed by atoms with Crippen LogP contribution in [0.3, 0.4) is 0 Å². The predicted molar refractivity (Wildman–Crippen MR) is 47.6 cm³/mol. The van der Waals surface area contributed by atoms with E-state index in [9.17, 15) is 0 Å².